The molecular formula is C24H29N3O4. The van der Waals surface area contributed by atoms with Crippen LogP contribution in [0.5, 0.6) is 11.5 Å². The van der Waals surface area contributed by atoms with Crippen LogP contribution in [0.15, 0.2) is 48.5 Å². The highest BCUT2D eigenvalue weighted by atomic mass is 16.5. The standard InChI is InChI=1S/C24H29N3O4/c1-18-4-3-5-20(14-18)16-26-10-12-27(13-11-26)24(29)9-7-19-6-8-21(22(15-19)30-2)31-17-23(25)28/h3-9,14-15H,10-13,16-17H2,1-2H3,(H2,25,28)/b9-7+. The van der Waals surface area contributed by atoms with Crippen LogP contribution in [0.3, 0.4) is 0 Å². The van der Waals surface area contributed by atoms with Crippen molar-refractivity contribution in [2.45, 2.75) is 13.5 Å². The zero-order valence-corrected chi connectivity index (χ0v) is 18.0. The molecule has 164 valence electrons. The third kappa shape index (κ3) is 6.58. The minimum absolute atomic E-state index is 0.0109. The second-order valence-corrected chi connectivity index (χ2v) is 7.59. The topological polar surface area (TPSA) is 85.1 Å². The molecule has 0 unspecified atom stereocenters. The Morgan fingerprint density at radius 3 is 2.52 bits per heavy atom. The van der Waals surface area contributed by atoms with Gasteiger partial charge in [-0.05, 0) is 36.3 Å². The van der Waals surface area contributed by atoms with E-state index in [9.17, 15) is 9.59 Å². The first-order chi connectivity index (χ1) is 14.9. The maximum atomic E-state index is 12.6. The highest BCUT2D eigenvalue weighted by molar-refractivity contribution is 5.92. The van der Waals surface area contributed by atoms with Crippen LogP contribution >= 0.6 is 0 Å². The van der Waals surface area contributed by atoms with Gasteiger partial charge in [0.2, 0.25) is 5.91 Å². The molecule has 0 bridgehead atoms. The summed E-state index contributed by atoms with van der Waals surface area (Å²) in [6, 6.07) is 13.8. The lowest BCUT2D eigenvalue weighted by Gasteiger charge is -2.34. The minimum atomic E-state index is -0.560. The second-order valence-electron chi connectivity index (χ2n) is 7.59. The van der Waals surface area contributed by atoms with Gasteiger partial charge >= 0.3 is 0 Å². The van der Waals surface area contributed by atoms with Crippen molar-refractivity contribution >= 4 is 17.9 Å². The average Bonchev–Trinajstić information content (AvgIpc) is 2.76. The number of carbonyl (C=O) groups is 2. The predicted molar refractivity (Wildman–Crippen MR) is 120 cm³/mol. The van der Waals surface area contributed by atoms with Crippen molar-refractivity contribution in [1.82, 2.24) is 9.80 Å². The summed E-state index contributed by atoms with van der Waals surface area (Å²) in [5.74, 6) is 0.328. The fourth-order valence-electron chi connectivity index (χ4n) is 3.52. The van der Waals surface area contributed by atoms with Gasteiger partial charge in [-0.2, -0.15) is 0 Å². The van der Waals surface area contributed by atoms with E-state index in [4.69, 9.17) is 15.2 Å². The Labute approximate surface area is 183 Å². The van der Waals surface area contributed by atoms with Crippen LogP contribution < -0.4 is 15.2 Å². The highest BCUT2D eigenvalue weighted by Crippen LogP contribution is 2.28. The van der Waals surface area contributed by atoms with Crippen LogP contribution in [0, 0.1) is 6.92 Å². The van der Waals surface area contributed by atoms with E-state index in [2.05, 4.69) is 36.1 Å². The number of benzene rings is 2. The number of nitrogens with two attached hydrogens (primary N) is 1. The van der Waals surface area contributed by atoms with Crippen molar-refractivity contribution in [2.75, 3.05) is 39.9 Å². The Morgan fingerprint density at radius 2 is 1.84 bits per heavy atom. The molecule has 2 N–H and O–H groups in total. The van der Waals surface area contributed by atoms with Crippen molar-refractivity contribution in [3.05, 3.63) is 65.2 Å². The Hall–Kier alpha value is -3.32. The number of ether oxygens (including phenoxy) is 2. The number of rotatable bonds is 8. The number of hydrogen-bond acceptors (Lipinski definition) is 5. The van der Waals surface area contributed by atoms with Gasteiger partial charge < -0.3 is 20.1 Å². The van der Waals surface area contributed by atoms with E-state index in [0.29, 0.717) is 24.6 Å². The summed E-state index contributed by atoms with van der Waals surface area (Å²) in [4.78, 5) is 27.7. The molecule has 31 heavy (non-hydrogen) atoms. The summed E-state index contributed by atoms with van der Waals surface area (Å²) in [5, 5.41) is 0. The smallest absolute Gasteiger partial charge is 0.255 e. The Kier molecular flexibility index (Phi) is 7.67. The zero-order chi connectivity index (χ0) is 22.2. The van der Waals surface area contributed by atoms with Crippen molar-refractivity contribution in [3.8, 4) is 11.5 Å². The van der Waals surface area contributed by atoms with Gasteiger partial charge in [-0.15, -0.1) is 0 Å². The van der Waals surface area contributed by atoms with Gasteiger partial charge in [0.05, 0.1) is 7.11 Å². The third-order valence-electron chi connectivity index (χ3n) is 5.15. The van der Waals surface area contributed by atoms with Crippen LogP contribution in [-0.2, 0) is 16.1 Å². The van der Waals surface area contributed by atoms with Crippen molar-refractivity contribution < 1.29 is 19.1 Å². The van der Waals surface area contributed by atoms with Gasteiger partial charge in [-0.25, -0.2) is 0 Å². The fraction of sp³-hybridized carbons (Fsp3) is 0.333. The maximum Gasteiger partial charge on any atom is 0.255 e. The molecule has 7 nitrogen and oxygen atoms in total. The normalized spacial score (nSPS) is 14.6. The van der Waals surface area contributed by atoms with Gasteiger partial charge in [0, 0.05) is 38.8 Å². The average molecular weight is 424 g/mol. The molecule has 0 aliphatic carbocycles. The van der Waals surface area contributed by atoms with E-state index in [0.717, 1.165) is 25.2 Å². The second kappa shape index (κ2) is 10.6. The molecule has 1 aliphatic rings. The molecule has 1 saturated heterocycles. The number of hydrogen-bond donors (Lipinski definition) is 1. The van der Waals surface area contributed by atoms with Crippen LogP contribution in [0.25, 0.3) is 6.08 Å². The van der Waals surface area contributed by atoms with Crippen molar-refractivity contribution in [2.24, 2.45) is 5.73 Å². The molecule has 2 aromatic rings. The SMILES string of the molecule is COc1cc(/C=C/C(=O)N2CCN(Cc3cccc(C)c3)CC2)ccc1OCC(N)=O. The third-order valence-corrected chi connectivity index (χ3v) is 5.15. The Bertz CT molecular complexity index is 950. The van der Waals surface area contributed by atoms with Gasteiger partial charge in [-0.3, -0.25) is 14.5 Å². The number of nitrogens with zero attached hydrogens (tertiary/aromatic N) is 2. The number of amides is 2. The molecule has 1 heterocycles. The zero-order valence-electron chi connectivity index (χ0n) is 18.0. The lowest BCUT2D eigenvalue weighted by atomic mass is 10.1. The number of aryl methyl sites for hydroxylation is 1. The molecule has 0 radical (unpaired) electrons. The number of methoxy groups -OCH3 is 1. The van der Waals surface area contributed by atoms with Crippen molar-refractivity contribution in [3.63, 3.8) is 0 Å². The van der Waals surface area contributed by atoms with Crippen molar-refractivity contribution in [1.29, 1.82) is 0 Å². The van der Waals surface area contributed by atoms with E-state index >= 15 is 0 Å². The molecule has 3 rings (SSSR count). The summed E-state index contributed by atoms with van der Waals surface area (Å²) in [7, 11) is 1.52. The van der Waals surface area contributed by atoms with E-state index in [-0.39, 0.29) is 12.5 Å². The lowest BCUT2D eigenvalue weighted by Crippen LogP contribution is -2.47. The molecule has 0 spiro atoms. The van der Waals surface area contributed by atoms with E-state index in [1.165, 1.54) is 18.2 Å². The monoisotopic (exact) mass is 423 g/mol. The van der Waals surface area contributed by atoms with Crippen LogP contribution in [0.4, 0.5) is 0 Å². The first-order valence-corrected chi connectivity index (χ1v) is 10.3. The largest absolute Gasteiger partial charge is 0.493 e. The first kappa shape index (κ1) is 22.4. The van der Waals surface area contributed by atoms with Crippen LogP contribution in [0.2, 0.25) is 0 Å². The number of piperazine rings is 1. The van der Waals surface area contributed by atoms with Crippen LogP contribution in [-0.4, -0.2) is 61.5 Å². The van der Waals surface area contributed by atoms with Gasteiger partial charge in [-0.1, -0.05) is 35.9 Å². The fourth-order valence-corrected chi connectivity index (χ4v) is 3.52. The molecule has 1 aliphatic heterocycles. The van der Waals surface area contributed by atoms with Gasteiger partial charge in [0.25, 0.3) is 5.91 Å². The molecule has 0 saturated carbocycles. The number of primary amides is 1. The van der Waals surface area contributed by atoms with E-state index in [1.807, 2.05) is 4.90 Å². The molecule has 2 amide bonds. The highest BCUT2D eigenvalue weighted by Gasteiger charge is 2.19. The lowest BCUT2D eigenvalue weighted by molar-refractivity contribution is -0.127. The molecule has 1 fully saturated rings. The summed E-state index contributed by atoms with van der Waals surface area (Å²) < 4.78 is 10.6. The van der Waals surface area contributed by atoms with Gasteiger partial charge in [0.15, 0.2) is 18.1 Å². The summed E-state index contributed by atoms with van der Waals surface area (Å²) in [6.07, 6.45) is 3.33. The van der Waals surface area contributed by atoms with Gasteiger partial charge in [0.1, 0.15) is 0 Å². The first-order valence-electron chi connectivity index (χ1n) is 10.3. The Morgan fingerprint density at radius 1 is 1.06 bits per heavy atom. The molecular weight excluding hydrogens is 394 g/mol. The molecule has 0 aromatic heterocycles. The quantitative estimate of drug-likeness (QED) is 0.658. The Balaban J connectivity index is 1.52. The maximum absolute atomic E-state index is 12.6. The summed E-state index contributed by atoms with van der Waals surface area (Å²) in [5.41, 5.74) is 8.47. The molecule has 0 atom stereocenters. The van der Waals surface area contributed by atoms with E-state index in [1.54, 1.807) is 30.4 Å². The summed E-state index contributed by atoms with van der Waals surface area (Å²) >= 11 is 0. The summed E-state index contributed by atoms with van der Waals surface area (Å²) in [6.45, 7) is 5.91. The molecule has 7 heteroatoms. The predicted octanol–water partition coefficient (Wildman–Crippen LogP) is 2.23. The molecule has 2 aromatic carbocycles. The number of carbonyl (C=O) groups excluding carboxylic acids is 2. The van der Waals surface area contributed by atoms with Crippen LogP contribution in [0.1, 0.15) is 16.7 Å². The van der Waals surface area contributed by atoms with E-state index < -0.39 is 5.91 Å². The minimum Gasteiger partial charge on any atom is -0.493 e.